The molecule has 0 radical (unpaired) electrons. The van der Waals surface area contributed by atoms with E-state index in [0.717, 1.165) is 18.4 Å². The van der Waals surface area contributed by atoms with E-state index in [9.17, 15) is 5.11 Å². The van der Waals surface area contributed by atoms with Gasteiger partial charge in [0.25, 0.3) is 0 Å². The van der Waals surface area contributed by atoms with E-state index in [4.69, 9.17) is 22.1 Å². The van der Waals surface area contributed by atoms with Crippen molar-refractivity contribution in [3.8, 4) is 5.75 Å². The molecule has 0 amide bonds. The van der Waals surface area contributed by atoms with Gasteiger partial charge in [-0.05, 0) is 26.7 Å². The molecule has 0 unspecified atom stereocenters. The first-order valence-electron chi connectivity index (χ1n) is 6.86. The minimum absolute atomic E-state index is 0.245. The maximum atomic E-state index is 9.67. The van der Waals surface area contributed by atoms with Crippen LogP contribution in [0.4, 0.5) is 0 Å². The molecule has 21 heavy (non-hydrogen) atoms. The number of ether oxygens (including phenoxy) is 1. The number of hydrogen-bond donors (Lipinski definition) is 2. The van der Waals surface area contributed by atoms with Gasteiger partial charge in [-0.1, -0.05) is 11.6 Å². The third kappa shape index (κ3) is 5.02. The van der Waals surface area contributed by atoms with E-state index in [1.54, 1.807) is 32.3 Å². The Balaban J connectivity index is 2.21. The van der Waals surface area contributed by atoms with Gasteiger partial charge in [0.2, 0.25) is 0 Å². The van der Waals surface area contributed by atoms with E-state index in [2.05, 4.69) is 9.98 Å². The zero-order valence-corrected chi connectivity index (χ0v) is 13.0. The molecule has 0 bridgehead atoms. The summed E-state index contributed by atoms with van der Waals surface area (Å²) in [4.78, 5) is 8.28. The summed E-state index contributed by atoms with van der Waals surface area (Å²) in [5.41, 5.74) is 6.24. The van der Waals surface area contributed by atoms with Crippen LogP contribution in [-0.2, 0) is 0 Å². The average molecular weight is 310 g/mol. The van der Waals surface area contributed by atoms with Gasteiger partial charge in [-0.2, -0.15) is 0 Å². The first-order chi connectivity index (χ1) is 9.89. The van der Waals surface area contributed by atoms with Crippen LogP contribution < -0.4 is 10.5 Å². The molecule has 0 aromatic carbocycles. The summed E-state index contributed by atoms with van der Waals surface area (Å²) in [6.07, 6.45) is 7.02. The van der Waals surface area contributed by atoms with Gasteiger partial charge in [-0.25, -0.2) is 4.98 Å². The summed E-state index contributed by atoms with van der Waals surface area (Å²) < 4.78 is 5.84. The van der Waals surface area contributed by atoms with Crippen molar-refractivity contribution < 1.29 is 9.84 Å². The Bertz CT molecular complexity index is 561. The van der Waals surface area contributed by atoms with Crippen LogP contribution in [-0.4, -0.2) is 34.6 Å². The standard InChI is InChI=1S/C15H20ClN3O2/c1-15(2,20)9-18-7-10(6-17)12-8-19-14(16)5-13(12)21-11-3-4-11/h5-8,11,20H,3-4,9,17H2,1-2H3/b10-6+,18-7?. The van der Waals surface area contributed by atoms with Gasteiger partial charge in [0, 0.05) is 35.8 Å². The van der Waals surface area contributed by atoms with Gasteiger partial charge in [0.15, 0.2) is 0 Å². The van der Waals surface area contributed by atoms with Crippen LogP contribution in [0, 0.1) is 0 Å². The first-order valence-corrected chi connectivity index (χ1v) is 7.23. The molecule has 1 aliphatic carbocycles. The van der Waals surface area contributed by atoms with E-state index in [1.807, 2.05) is 0 Å². The number of nitrogens with two attached hydrogens (primary N) is 1. The van der Waals surface area contributed by atoms with Gasteiger partial charge in [0.05, 0.1) is 18.2 Å². The van der Waals surface area contributed by atoms with Gasteiger partial charge in [0.1, 0.15) is 10.9 Å². The molecule has 114 valence electrons. The molecule has 1 fully saturated rings. The second-order valence-electron chi connectivity index (χ2n) is 5.72. The SMILES string of the molecule is CC(C)(O)CN=C/C(=C\N)c1cnc(Cl)cc1OC1CC1. The largest absolute Gasteiger partial charge is 0.490 e. The van der Waals surface area contributed by atoms with Crippen molar-refractivity contribution >= 4 is 23.4 Å². The highest BCUT2D eigenvalue weighted by atomic mass is 35.5. The quantitative estimate of drug-likeness (QED) is 0.624. The number of allylic oxidation sites excluding steroid dienone is 1. The molecule has 0 aliphatic heterocycles. The highest BCUT2D eigenvalue weighted by molar-refractivity contribution is 6.29. The minimum atomic E-state index is -0.859. The Morgan fingerprint density at radius 1 is 1.62 bits per heavy atom. The number of nitrogens with zero attached hydrogens (tertiary/aromatic N) is 2. The van der Waals surface area contributed by atoms with E-state index < -0.39 is 5.60 Å². The Labute approximate surface area is 129 Å². The summed E-state index contributed by atoms with van der Waals surface area (Å²) >= 11 is 5.92. The number of halogens is 1. The van der Waals surface area contributed by atoms with Crippen LogP contribution in [0.1, 0.15) is 32.3 Å². The maximum absolute atomic E-state index is 9.67. The zero-order valence-electron chi connectivity index (χ0n) is 12.2. The van der Waals surface area contributed by atoms with Crippen LogP contribution >= 0.6 is 11.6 Å². The van der Waals surface area contributed by atoms with Crippen LogP contribution in [0.25, 0.3) is 5.57 Å². The average Bonchev–Trinajstić information content (AvgIpc) is 3.18. The predicted molar refractivity (Wildman–Crippen MR) is 84.7 cm³/mol. The molecule has 1 aromatic heterocycles. The molecule has 3 N–H and O–H groups in total. The van der Waals surface area contributed by atoms with E-state index >= 15 is 0 Å². The van der Waals surface area contributed by atoms with Gasteiger partial charge >= 0.3 is 0 Å². The van der Waals surface area contributed by atoms with Crippen LogP contribution in [0.15, 0.2) is 23.5 Å². The topological polar surface area (TPSA) is 80.7 Å². The molecule has 6 heteroatoms. The van der Waals surface area contributed by atoms with Crippen molar-refractivity contribution in [1.82, 2.24) is 4.98 Å². The summed E-state index contributed by atoms with van der Waals surface area (Å²) in [5, 5.41) is 10.0. The number of aromatic nitrogens is 1. The van der Waals surface area contributed by atoms with E-state index in [1.165, 1.54) is 6.20 Å². The van der Waals surface area contributed by atoms with Crippen molar-refractivity contribution in [2.75, 3.05) is 6.54 Å². The lowest BCUT2D eigenvalue weighted by atomic mass is 10.1. The Hall–Kier alpha value is -1.59. The summed E-state index contributed by atoms with van der Waals surface area (Å²) in [5.74, 6) is 0.656. The molecule has 0 saturated heterocycles. The fourth-order valence-corrected chi connectivity index (χ4v) is 1.81. The molecule has 1 aliphatic rings. The monoisotopic (exact) mass is 309 g/mol. The van der Waals surface area contributed by atoms with Gasteiger partial charge in [-0.3, -0.25) is 4.99 Å². The summed E-state index contributed by atoms with van der Waals surface area (Å²) in [6, 6.07) is 1.68. The summed E-state index contributed by atoms with van der Waals surface area (Å²) in [7, 11) is 0. The Morgan fingerprint density at radius 2 is 2.33 bits per heavy atom. The lowest BCUT2D eigenvalue weighted by Gasteiger charge is -2.14. The molecule has 1 saturated carbocycles. The molecule has 2 rings (SSSR count). The van der Waals surface area contributed by atoms with Crippen LogP contribution in [0.2, 0.25) is 5.15 Å². The molecular formula is C15H20ClN3O2. The fraction of sp³-hybridized carbons (Fsp3) is 0.467. The number of pyridine rings is 1. The molecule has 1 heterocycles. The third-order valence-corrected chi connectivity index (χ3v) is 3.06. The Morgan fingerprint density at radius 3 is 2.90 bits per heavy atom. The number of aliphatic imine (C=N–C) groups is 1. The van der Waals surface area contributed by atoms with Crippen molar-refractivity contribution in [2.24, 2.45) is 10.7 Å². The zero-order chi connectivity index (χ0) is 15.5. The van der Waals surface area contributed by atoms with Gasteiger partial charge in [-0.15, -0.1) is 0 Å². The summed E-state index contributed by atoms with van der Waals surface area (Å²) in [6.45, 7) is 3.67. The number of rotatable bonds is 6. The fourth-order valence-electron chi connectivity index (χ4n) is 1.66. The normalized spacial score (nSPS) is 16.5. The second kappa shape index (κ2) is 6.45. The third-order valence-electron chi connectivity index (χ3n) is 2.85. The van der Waals surface area contributed by atoms with Crippen LogP contribution in [0.5, 0.6) is 5.75 Å². The number of hydrogen-bond acceptors (Lipinski definition) is 5. The molecule has 0 atom stereocenters. The minimum Gasteiger partial charge on any atom is -0.490 e. The van der Waals surface area contributed by atoms with Gasteiger partial charge < -0.3 is 15.6 Å². The highest BCUT2D eigenvalue weighted by Gasteiger charge is 2.25. The van der Waals surface area contributed by atoms with E-state index in [-0.39, 0.29) is 12.6 Å². The molecule has 1 aromatic rings. The molecular weight excluding hydrogens is 290 g/mol. The first kappa shape index (κ1) is 15.8. The van der Waals surface area contributed by atoms with E-state index in [0.29, 0.717) is 16.5 Å². The smallest absolute Gasteiger partial charge is 0.132 e. The predicted octanol–water partition coefficient (Wildman–Crippen LogP) is 2.42. The van der Waals surface area contributed by atoms with Crippen molar-refractivity contribution in [1.29, 1.82) is 0 Å². The number of aliphatic hydroxyl groups is 1. The van der Waals surface area contributed by atoms with Crippen molar-refractivity contribution in [3.63, 3.8) is 0 Å². The Kier molecular flexibility index (Phi) is 4.85. The highest BCUT2D eigenvalue weighted by Crippen LogP contribution is 2.32. The lowest BCUT2D eigenvalue weighted by Crippen LogP contribution is -2.22. The molecule has 5 nitrogen and oxygen atoms in total. The van der Waals surface area contributed by atoms with Crippen molar-refractivity contribution in [3.05, 3.63) is 29.2 Å². The van der Waals surface area contributed by atoms with Crippen LogP contribution in [0.3, 0.4) is 0 Å². The maximum Gasteiger partial charge on any atom is 0.132 e. The molecule has 0 spiro atoms. The lowest BCUT2D eigenvalue weighted by molar-refractivity contribution is 0.0906. The van der Waals surface area contributed by atoms with Crippen molar-refractivity contribution in [2.45, 2.75) is 38.4 Å². The second-order valence-corrected chi connectivity index (χ2v) is 6.11.